The van der Waals surface area contributed by atoms with Gasteiger partial charge in [-0.1, -0.05) is 12.1 Å². The molecule has 1 aromatic heterocycles. The lowest BCUT2D eigenvalue weighted by atomic mass is 10.1. The van der Waals surface area contributed by atoms with Crippen LogP contribution in [-0.4, -0.2) is 34.3 Å². The summed E-state index contributed by atoms with van der Waals surface area (Å²) in [6.45, 7) is 1.92. The van der Waals surface area contributed by atoms with Gasteiger partial charge in [-0.05, 0) is 36.8 Å². The first-order chi connectivity index (χ1) is 11.5. The molecule has 0 saturated heterocycles. The fourth-order valence-electron chi connectivity index (χ4n) is 2.53. The first kappa shape index (κ1) is 15.5. The molecule has 0 bridgehead atoms. The van der Waals surface area contributed by atoms with E-state index >= 15 is 0 Å². The van der Waals surface area contributed by atoms with E-state index in [1.54, 1.807) is 0 Å². The van der Waals surface area contributed by atoms with Gasteiger partial charge in [0.15, 0.2) is 5.82 Å². The molecule has 0 radical (unpaired) electrons. The van der Waals surface area contributed by atoms with Crippen LogP contribution < -0.4 is 10.1 Å². The lowest BCUT2D eigenvalue weighted by molar-refractivity contribution is 0.0693. The number of aromatic carboxylic acids is 1. The Kier molecular flexibility index (Phi) is 3.91. The number of methoxy groups -OCH3 is 1. The molecule has 0 atom stereocenters. The van der Waals surface area contributed by atoms with Gasteiger partial charge in [0.25, 0.3) is 5.91 Å². The van der Waals surface area contributed by atoms with Crippen LogP contribution in [0.2, 0.25) is 0 Å². The summed E-state index contributed by atoms with van der Waals surface area (Å²) in [5.74, 6) is -1.01. The average molecular weight is 325 g/mol. The molecule has 0 aliphatic carbocycles. The van der Waals surface area contributed by atoms with Crippen molar-refractivity contribution in [3.8, 4) is 5.75 Å². The highest BCUT2D eigenvalue weighted by Crippen LogP contribution is 2.25. The SMILES string of the molecule is COc1ccc(C(=O)Nc2n[nH]c3cccc(C)c23)cc1C(=O)O. The van der Waals surface area contributed by atoms with Gasteiger partial charge in [-0.3, -0.25) is 9.89 Å². The number of carbonyl (C=O) groups is 2. The second kappa shape index (κ2) is 6.04. The number of ether oxygens (including phenoxy) is 1. The van der Waals surface area contributed by atoms with Crippen LogP contribution in [0.5, 0.6) is 5.75 Å². The molecule has 0 aliphatic heterocycles. The summed E-state index contributed by atoms with van der Waals surface area (Å²) in [6, 6.07) is 9.90. The topological polar surface area (TPSA) is 104 Å². The lowest BCUT2D eigenvalue weighted by Crippen LogP contribution is -2.14. The first-order valence-electron chi connectivity index (χ1n) is 7.17. The highest BCUT2D eigenvalue weighted by atomic mass is 16.5. The molecule has 1 amide bonds. The number of hydrogen-bond donors (Lipinski definition) is 3. The van der Waals surface area contributed by atoms with Gasteiger partial charge in [-0.25, -0.2) is 4.79 Å². The Bertz CT molecular complexity index is 946. The molecule has 0 aliphatic rings. The van der Waals surface area contributed by atoms with Crippen molar-refractivity contribution in [2.24, 2.45) is 0 Å². The third kappa shape index (κ3) is 2.67. The number of carboxylic acid groups (broad SMARTS) is 1. The van der Waals surface area contributed by atoms with Crippen molar-refractivity contribution < 1.29 is 19.4 Å². The molecule has 2 aromatic carbocycles. The Morgan fingerprint density at radius 2 is 2.04 bits per heavy atom. The van der Waals surface area contributed by atoms with Crippen molar-refractivity contribution in [1.82, 2.24) is 10.2 Å². The van der Waals surface area contributed by atoms with Gasteiger partial charge in [0, 0.05) is 10.9 Å². The second-order valence-electron chi connectivity index (χ2n) is 5.24. The van der Waals surface area contributed by atoms with Gasteiger partial charge in [0.2, 0.25) is 0 Å². The van der Waals surface area contributed by atoms with E-state index < -0.39 is 11.9 Å². The molecule has 0 saturated carbocycles. The van der Waals surface area contributed by atoms with E-state index in [1.807, 2.05) is 25.1 Å². The zero-order valence-corrected chi connectivity index (χ0v) is 13.1. The maximum absolute atomic E-state index is 12.4. The van der Waals surface area contributed by atoms with Crippen molar-refractivity contribution in [2.75, 3.05) is 12.4 Å². The standard InChI is InChI=1S/C17H15N3O4/c1-9-4-3-5-12-14(9)15(20-19-12)18-16(21)10-6-7-13(24-2)11(8-10)17(22)23/h3-8H,1-2H3,(H,22,23)(H2,18,19,20,21). The van der Waals surface area contributed by atoms with Crippen molar-refractivity contribution in [2.45, 2.75) is 6.92 Å². The number of amides is 1. The monoisotopic (exact) mass is 325 g/mol. The zero-order valence-electron chi connectivity index (χ0n) is 13.1. The minimum atomic E-state index is -1.16. The van der Waals surface area contributed by atoms with Gasteiger partial charge in [0.05, 0.1) is 12.6 Å². The number of rotatable bonds is 4. The number of aromatic amines is 1. The normalized spacial score (nSPS) is 10.6. The number of fused-ring (bicyclic) bond motifs is 1. The minimum Gasteiger partial charge on any atom is -0.496 e. The van der Waals surface area contributed by atoms with Crippen LogP contribution in [0.1, 0.15) is 26.3 Å². The lowest BCUT2D eigenvalue weighted by Gasteiger charge is -2.08. The zero-order chi connectivity index (χ0) is 17.3. The Hall–Kier alpha value is -3.35. The van der Waals surface area contributed by atoms with Crippen molar-refractivity contribution >= 4 is 28.6 Å². The molecule has 3 N–H and O–H groups in total. The van der Waals surface area contributed by atoms with E-state index in [2.05, 4.69) is 15.5 Å². The summed E-state index contributed by atoms with van der Waals surface area (Å²) in [5, 5.41) is 19.7. The van der Waals surface area contributed by atoms with Crippen LogP contribution >= 0.6 is 0 Å². The van der Waals surface area contributed by atoms with Crippen LogP contribution in [0.3, 0.4) is 0 Å². The third-order valence-corrected chi connectivity index (χ3v) is 3.72. The molecule has 3 rings (SSSR count). The van der Waals surface area contributed by atoms with Crippen LogP contribution in [0.15, 0.2) is 36.4 Å². The van der Waals surface area contributed by atoms with E-state index in [1.165, 1.54) is 25.3 Å². The van der Waals surface area contributed by atoms with Crippen molar-refractivity contribution in [3.63, 3.8) is 0 Å². The van der Waals surface area contributed by atoms with Crippen molar-refractivity contribution in [3.05, 3.63) is 53.1 Å². The van der Waals surface area contributed by atoms with Crippen LogP contribution in [0.25, 0.3) is 10.9 Å². The number of nitrogens with one attached hydrogen (secondary N) is 2. The predicted molar refractivity (Wildman–Crippen MR) is 88.7 cm³/mol. The number of carbonyl (C=O) groups excluding carboxylic acids is 1. The Labute approximate surface area is 137 Å². The Morgan fingerprint density at radius 3 is 2.75 bits per heavy atom. The summed E-state index contributed by atoms with van der Waals surface area (Å²) >= 11 is 0. The molecule has 0 fully saturated rings. The number of carboxylic acids is 1. The molecule has 0 spiro atoms. The third-order valence-electron chi connectivity index (χ3n) is 3.72. The Balaban J connectivity index is 1.95. The molecular formula is C17H15N3O4. The molecule has 122 valence electrons. The number of nitrogens with zero attached hydrogens (tertiary/aromatic N) is 1. The molecule has 7 nitrogen and oxygen atoms in total. The van der Waals surface area contributed by atoms with Gasteiger partial charge in [-0.2, -0.15) is 5.10 Å². The van der Waals surface area contributed by atoms with Crippen LogP contribution in [-0.2, 0) is 0 Å². The summed E-state index contributed by atoms with van der Waals surface area (Å²) in [7, 11) is 1.38. The summed E-state index contributed by atoms with van der Waals surface area (Å²) in [5.41, 5.74) is 1.91. The number of aromatic nitrogens is 2. The number of hydrogen-bond acceptors (Lipinski definition) is 4. The van der Waals surface area contributed by atoms with E-state index in [0.717, 1.165) is 16.5 Å². The van der Waals surface area contributed by atoms with Gasteiger partial charge >= 0.3 is 5.97 Å². The number of benzene rings is 2. The maximum Gasteiger partial charge on any atom is 0.339 e. The van der Waals surface area contributed by atoms with Crippen LogP contribution in [0.4, 0.5) is 5.82 Å². The highest BCUT2D eigenvalue weighted by Gasteiger charge is 2.17. The van der Waals surface area contributed by atoms with Gasteiger partial charge in [-0.15, -0.1) is 0 Å². The number of aryl methyl sites for hydroxylation is 1. The van der Waals surface area contributed by atoms with Crippen LogP contribution in [0, 0.1) is 6.92 Å². The van der Waals surface area contributed by atoms with E-state index in [4.69, 9.17) is 4.74 Å². The molecule has 3 aromatic rings. The predicted octanol–water partition coefficient (Wildman–Crippen LogP) is 2.83. The molecule has 1 heterocycles. The largest absolute Gasteiger partial charge is 0.496 e. The van der Waals surface area contributed by atoms with E-state index in [9.17, 15) is 14.7 Å². The molecular weight excluding hydrogens is 310 g/mol. The number of anilines is 1. The average Bonchev–Trinajstić information content (AvgIpc) is 2.98. The first-order valence-corrected chi connectivity index (χ1v) is 7.17. The smallest absolute Gasteiger partial charge is 0.339 e. The summed E-state index contributed by atoms with van der Waals surface area (Å²) in [6.07, 6.45) is 0. The maximum atomic E-state index is 12.4. The second-order valence-corrected chi connectivity index (χ2v) is 5.24. The van der Waals surface area contributed by atoms with E-state index in [0.29, 0.717) is 5.82 Å². The summed E-state index contributed by atoms with van der Waals surface area (Å²) in [4.78, 5) is 23.7. The minimum absolute atomic E-state index is 0.0757. The fourth-order valence-corrected chi connectivity index (χ4v) is 2.53. The molecule has 0 unspecified atom stereocenters. The fraction of sp³-hybridized carbons (Fsp3) is 0.118. The van der Waals surface area contributed by atoms with Gasteiger partial charge in [0.1, 0.15) is 11.3 Å². The summed E-state index contributed by atoms with van der Waals surface area (Å²) < 4.78 is 4.99. The van der Waals surface area contributed by atoms with Gasteiger partial charge < -0.3 is 15.2 Å². The highest BCUT2D eigenvalue weighted by molar-refractivity contribution is 6.09. The Morgan fingerprint density at radius 1 is 1.25 bits per heavy atom. The van der Waals surface area contributed by atoms with Crippen molar-refractivity contribution in [1.29, 1.82) is 0 Å². The quantitative estimate of drug-likeness (QED) is 0.684. The number of H-pyrrole nitrogens is 1. The van der Waals surface area contributed by atoms with E-state index in [-0.39, 0.29) is 16.9 Å². The molecule has 7 heteroatoms. The molecule has 24 heavy (non-hydrogen) atoms.